The van der Waals surface area contributed by atoms with E-state index >= 15 is 0 Å². The van der Waals surface area contributed by atoms with Crippen molar-refractivity contribution in [1.29, 1.82) is 0 Å². The summed E-state index contributed by atoms with van der Waals surface area (Å²) in [6.45, 7) is 0. The lowest BCUT2D eigenvalue weighted by atomic mass is 10.1. The highest BCUT2D eigenvalue weighted by Crippen LogP contribution is 2.36. The Morgan fingerprint density at radius 2 is 2.45 bits per heavy atom. The number of rotatable bonds is 3. The Hall–Kier alpha value is -0.760. The molecular weight excluding hydrogens is 136 g/mol. The lowest BCUT2D eigenvalue weighted by molar-refractivity contribution is 0.586. The van der Waals surface area contributed by atoms with Crippen molar-refractivity contribution in [2.45, 2.75) is 25.3 Å². The molecule has 3 N–H and O–H groups in total. The van der Waals surface area contributed by atoms with E-state index in [1.165, 1.54) is 18.5 Å². The molecule has 0 spiro atoms. The minimum absolute atomic E-state index is 0.234. The molecule has 0 amide bonds. The van der Waals surface area contributed by atoms with Crippen molar-refractivity contribution in [1.82, 2.24) is 4.98 Å². The summed E-state index contributed by atoms with van der Waals surface area (Å²) >= 11 is 0. The monoisotopic (exact) mass is 150 g/mol. The maximum Gasteiger partial charge on any atom is 0.0450 e. The largest absolute Gasteiger partial charge is 0.364 e. The van der Waals surface area contributed by atoms with Crippen molar-refractivity contribution >= 4 is 0 Å². The molecule has 0 radical (unpaired) electrons. The number of nitrogens with one attached hydrogen (secondary N) is 1. The zero-order valence-corrected chi connectivity index (χ0v) is 6.59. The van der Waals surface area contributed by atoms with Crippen molar-refractivity contribution in [2.75, 3.05) is 0 Å². The van der Waals surface area contributed by atoms with E-state index < -0.39 is 0 Å². The van der Waals surface area contributed by atoms with Gasteiger partial charge in [-0.2, -0.15) is 0 Å². The van der Waals surface area contributed by atoms with Gasteiger partial charge in [0.2, 0.25) is 0 Å². The van der Waals surface area contributed by atoms with Gasteiger partial charge in [0.05, 0.1) is 0 Å². The smallest absolute Gasteiger partial charge is 0.0450 e. The van der Waals surface area contributed by atoms with Gasteiger partial charge in [0.1, 0.15) is 0 Å². The Balaban J connectivity index is 1.93. The van der Waals surface area contributed by atoms with E-state index in [-0.39, 0.29) is 6.04 Å². The van der Waals surface area contributed by atoms with Crippen LogP contribution in [0.3, 0.4) is 0 Å². The number of aromatic amines is 1. The molecule has 11 heavy (non-hydrogen) atoms. The summed E-state index contributed by atoms with van der Waals surface area (Å²) in [7, 11) is 0. The summed E-state index contributed by atoms with van der Waals surface area (Å²) in [6.07, 6.45) is 5.85. The average Bonchev–Trinajstić information content (AvgIpc) is 2.67. The number of aromatic nitrogens is 1. The molecule has 0 bridgehead atoms. The fourth-order valence-electron chi connectivity index (χ4n) is 1.41. The first kappa shape index (κ1) is 6.92. The third-order valence-corrected chi connectivity index (χ3v) is 2.31. The predicted octanol–water partition coefficient (Wildman–Crippen LogP) is 1.81. The van der Waals surface area contributed by atoms with E-state index in [2.05, 4.69) is 11.1 Å². The molecule has 1 aromatic rings. The number of hydrogen-bond donors (Lipinski definition) is 2. The van der Waals surface area contributed by atoms with E-state index in [0.29, 0.717) is 0 Å². The van der Waals surface area contributed by atoms with Gasteiger partial charge in [0.25, 0.3) is 0 Å². The summed E-state index contributed by atoms with van der Waals surface area (Å²) in [5, 5.41) is 0. The highest BCUT2D eigenvalue weighted by molar-refractivity contribution is 5.08. The molecule has 0 saturated heterocycles. The first-order valence-electron chi connectivity index (χ1n) is 4.25. The van der Waals surface area contributed by atoms with E-state index in [4.69, 9.17) is 5.73 Å². The van der Waals surface area contributed by atoms with Gasteiger partial charge < -0.3 is 10.7 Å². The minimum Gasteiger partial charge on any atom is -0.364 e. The van der Waals surface area contributed by atoms with Crippen molar-refractivity contribution < 1.29 is 0 Å². The molecule has 2 rings (SSSR count). The van der Waals surface area contributed by atoms with Gasteiger partial charge in [0, 0.05) is 17.9 Å². The summed E-state index contributed by atoms with van der Waals surface area (Å²) in [6, 6.07) is 4.30. The molecule has 1 fully saturated rings. The minimum atomic E-state index is 0.234. The molecular formula is C9H14N2. The molecule has 60 valence electrons. The van der Waals surface area contributed by atoms with Gasteiger partial charge in [-0.3, -0.25) is 0 Å². The number of nitrogens with two attached hydrogens (primary N) is 1. The summed E-state index contributed by atoms with van der Waals surface area (Å²) in [5.41, 5.74) is 7.13. The Morgan fingerprint density at radius 1 is 1.64 bits per heavy atom. The highest BCUT2D eigenvalue weighted by Gasteiger charge is 2.24. The molecule has 2 heteroatoms. The standard InChI is InChI=1S/C9H14N2/c10-8(6-7-3-4-7)9-2-1-5-11-9/h1-2,5,7-8,11H,3-4,6,10H2. The second-order valence-corrected chi connectivity index (χ2v) is 3.41. The molecule has 2 nitrogen and oxygen atoms in total. The highest BCUT2D eigenvalue weighted by atomic mass is 14.8. The van der Waals surface area contributed by atoms with E-state index in [9.17, 15) is 0 Å². The Labute approximate surface area is 66.8 Å². The van der Waals surface area contributed by atoms with Crippen molar-refractivity contribution in [2.24, 2.45) is 11.7 Å². The van der Waals surface area contributed by atoms with Crippen molar-refractivity contribution in [3.63, 3.8) is 0 Å². The van der Waals surface area contributed by atoms with Gasteiger partial charge in [-0.1, -0.05) is 12.8 Å². The van der Waals surface area contributed by atoms with E-state index in [1.807, 2.05) is 12.3 Å². The van der Waals surface area contributed by atoms with Crippen LogP contribution in [-0.4, -0.2) is 4.98 Å². The Bertz CT molecular complexity index is 211. The summed E-state index contributed by atoms with van der Waals surface area (Å²) in [5.74, 6) is 0.910. The van der Waals surface area contributed by atoms with Gasteiger partial charge in [-0.25, -0.2) is 0 Å². The van der Waals surface area contributed by atoms with Gasteiger partial charge >= 0.3 is 0 Å². The molecule has 1 heterocycles. The van der Waals surface area contributed by atoms with Crippen LogP contribution in [0, 0.1) is 5.92 Å². The lowest BCUT2D eigenvalue weighted by Gasteiger charge is -2.07. The quantitative estimate of drug-likeness (QED) is 0.678. The van der Waals surface area contributed by atoms with Crippen LogP contribution in [0.1, 0.15) is 31.0 Å². The Morgan fingerprint density at radius 3 is 3.00 bits per heavy atom. The van der Waals surface area contributed by atoms with Gasteiger partial charge in [-0.15, -0.1) is 0 Å². The summed E-state index contributed by atoms with van der Waals surface area (Å²) < 4.78 is 0. The molecule has 1 aromatic heterocycles. The van der Waals surface area contributed by atoms with Crippen LogP contribution < -0.4 is 5.73 Å². The van der Waals surface area contributed by atoms with Gasteiger partial charge in [0.15, 0.2) is 0 Å². The second kappa shape index (κ2) is 2.70. The molecule has 0 aromatic carbocycles. The van der Waals surface area contributed by atoms with Crippen LogP contribution in [0.4, 0.5) is 0 Å². The van der Waals surface area contributed by atoms with E-state index in [1.54, 1.807) is 0 Å². The molecule has 1 aliphatic carbocycles. The average molecular weight is 150 g/mol. The Kier molecular flexibility index (Phi) is 1.70. The zero-order chi connectivity index (χ0) is 7.68. The number of hydrogen-bond acceptors (Lipinski definition) is 1. The fraction of sp³-hybridized carbons (Fsp3) is 0.556. The third kappa shape index (κ3) is 1.63. The van der Waals surface area contributed by atoms with Crippen molar-refractivity contribution in [3.05, 3.63) is 24.0 Å². The van der Waals surface area contributed by atoms with Crippen LogP contribution in [0.2, 0.25) is 0 Å². The number of H-pyrrole nitrogens is 1. The van der Waals surface area contributed by atoms with Crippen LogP contribution in [0.25, 0.3) is 0 Å². The second-order valence-electron chi connectivity index (χ2n) is 3.41. The van der Waals surface area contributed by atoms with Crippen LogP contribution in [-0.2, 0) is 0 Å². The molecule has 1 saturated carbocycles. The summed E-state index contributed by atoms with van der Waals surface area (Å²) in [4.78, 5) is 3.15. The van der Waals surface area contributed by atoms with Crippen LogP contribution in [0.15, 0.2) is 18.3 Å². The predicted molar refractivity (Wildman–Crippen MR) is 45.1 cm³/mol. The maximum absolute atomic E-state index is 5.95. The van der Waals surface area contributed by atoms with Gasteiger partial charge in [-0.05, 0) is 24.5 Å². The topological polar surface area (TPSA) is 41.8 Å². The van der Waals surface area contributed by atoms with Crippen LogP contribution >= 0.6 is 0 Å². The first-order chi connectivity index (χ1) is 5.36. The lowest BCUT2D eigenvalue weighted by Crippen LogP contribution is -2.10. The third-order valence-electron chi connectivity index (χ3n) is 2.31. The van der Waals surface area contributed by atoms with E-state index in [0.717, 1.165) is 12.3 Å². The normalized spacial score (nSPS) is 20.1. The molecule has 1 unspecified atom stereocenters. The molecule has 1 aliphatic rings. The maximum atomic E-state index is 5.95. The van der Waals surface area contributed by atoms with Crippen molar-refractivity contribution in [3.8, 4) is 0 Å². The molecule has 1 atom stereocenters. The fourth-order valence-corrected chi connectivity index (χ4v) is 1.41. The first-order valence-corrected chi connectivity index (χ1v) is 4.25. The van der Waals surface area contributed by atoms with Crippen LogP contribution in [0.5, 0.6) is 0 Å². The SMILES string of the molecule is NC(CC1CC1)c1ccc[nH]1. The zero-order valence-electron chi connectivity index (χ0n) is 6.59. The molecule has 0 aliphatic heterocycles.